The number of benzene rings is 1. The summed E-state index contributed by atoms with van der Waals surface area (Å²) in [7, 11) is 0. The maximum atomic E-state index is 9.75. The van der Waals surface area contributed by atoms with Gasteiger partial charge in [-0.1, -0.05) is 17.7 Å². The highest BCUT2D eigenvalue weighted by atomic mass is 35.5. The largest absolute Gasteiger partial charge is 0.388 e. The van der Waals surface area contributed by atoms with Crippen LogP contribution >= 0.6 is 11.6 Å². The SMILES string of the molecule is CC1(O)CN(Cc2cc(Cl)cc3cccnc23)C1. The Kier molecular flexibility index (Phi) is 2.77. The van der Waals surface area contributed by atoms with Gasteiger partial charge < -0.3 is 5.11 Å². The van der Waals surface area contributed by atoms with Crippen molar-refractivity contribution in [3.8, 4) is 0 Å². The van der Waals surface area contributed by atoms with Gasteiger partial charge in [0, 0.05) is 36.2 Å². The van der Waals surface area contributed by atoms with Crippen LogP contribution < -0.4 is 0 Å². The van der Waals surface area contributed by atoms with Crippen LogP contribution in [0.5, 0.6) is 0 Å². The van der Waals surface area contributed by atoms with E-state index in [1.165, 1.54) is 0 Å². The molecule has 0 atom stereocenters. The molecule has 18 heavy (non-hydrogen) atoms. The third kappa shape index (κ3) is 2.21. The second-order valence-electron chi connectivity index (χ2n) is 5.28. The van der Waals surface area contributed by atoms with Gasteiger partial charge in [-0.05, 0) is 30.7 Å². The van der Waals surface area contributed by atoms with Crippen molar-refractivity contribution in [3.05, 3.63) is 41.0 Å². The van der Waals surface area contributed by atoms with E-state index in [0.717, 1.165) is 28.0 Å². The minimum atomic E-state index is -0.540. The van der Waals surface area contributed by atoms with Crippen molar-refractivity contribution in [2.45, 2.75) is 19.1 Å². The van der Waals surface area contributed by atoms with Crippen molar-refractivity contribution in [2.24, 2.45) is 0 Å². The standard InChI is InChI=1S/C14H15ClN2O/c1-14(18)8-17(9-14)7-11-6-12(15)5-10-3-2-4-16-13(10)11/h2-6,18H,7-9H2,1H3. The van der Waals surface area contributed by atoms with E-state index in [2.05, 4.69) is 9.88 Å². The molecule has 0 unspecified atom stereocenters. The molecule has 1 aromatic heterocycles. The van der Waals surface area contributed by atoms with Gasteiger partial charge in [0.1, 0.15) is 0 Å². The lowest BCUT2D eigenvalue weighted by Crippen LogP contribution is -2.59. The van der Waals surface area contributed by atoms with Gasteiger partial charge in [0.25, 0.3) is 0 Å². The third-order valence-corrected chi connectivity index (χ3v) is 3.49. The van der Waals surface area contributed by atoms with Crippen molar-refractivity contribution in [2.75, 3.05) is 13.1 Å². The number of β-amino-alcohol motifs (C(OH)–C–C–N with tert-alkyl or cyclic N) is 1. The molecular formula is C14H15ClN2O. The number of aliphatic hydroxyl groups is 1. The third-order valence-electron chi connectivity index (χ3n) is 3.27. The Labute approximate surface area is 111 Å². The molecule has 3 nitrogen and oxygen atoms in total. The van der Waals surface area contributed by atoms with Crippen LogP contribution in [0.2, 0.25) is 5.02 Å². The van der Waals surface area contributed by atoms with Gasteiger partial charge in [0.15, 0.2) is 0 Å². The maximum absolute atomic E-state index is 9.75. The zero-order valence-corrected chi connectivity index (χ0v) is 11.0. The Morgan fingerprint density at radius 1 is 1.44 bits per heavy atom. The fourth-order valence-corrected chi connectivity index (χ4v) is 2.87. The highest BCUT2D eigenvalue weighted by molar-refractivity contribution is 6.31. The fourth-order valence-electron chi connectivity index (χ4n) is 2.62. The number of likely N-dealkylation sites (tertiary alicyclic amines) is 1. The predicted molar refractivity (Wildman–Crippen MR) is 72.7 cm³/mol. The molecule has 4 heteroatoms. The summed E-state index contributed by atoms with van der Waals surface area (Å²) < 4.78 is 0. The Morgan fingerprint density at radius 3 is 2.94 bits per heavy atom. The number of nitrogens with zero attached hydrogens (tertiary/aromatic N) is 2. The summed E-state index contributed by atoms with van der Waals surface area (Å²) in [6.45, 7) is 4.05. The molecule has 0 amide bonds. The minimum absolute atomic E-state index is 0.540. The first kappa shape index (κ1) is 11.9. The first-order valence-corrected chi connectivity index (χ1v) is 6.39. The van der Waals surface area contributed by atoms with E-state index >= 15 is 0 Å². The molecular weight excluding hydrogens is 248 g/mol. The van der Waals surface area contributed by atoms with Crippen LogP contribution in [0.4, 0.5) is 0 Å². The number of hydrogen-bond donors (Lipinski definition) is 1. The summed E-state index contributed by atoms with van der Waals surface area (Å²) in [6.07, 6.45) is 1.80. The molecule has 94 valence electrons. The van der Waals surface area contributed by atoms with E-state index in [0.29, 0.717) is 13.1 Å². The Hall–Kier alpha value is -1.16. The smallest absolute Gasteiger partial charge is 0.0872 e. The van der Waals surface area contributed by atoms with Crippen LogP contribution in [-0.2, 0) is 6.54 Å². The first-order chi connectivity index (χ1) is 8.53. The predicted octanol–water partition coefficient (Wildman–Crippen LogP) is 2.45. The lowest BCUT2D eigenvalue weighted by atomic mass is 9.96. The summed E-state index contributed by atoms with van der Waals surface area (Å²) >= 11 is 6.13. The van der Waals surface area contributed by atoms with E-state index in [9.17, 15) is 5.11 Å². The molecule has 0 spiro atoms. The molecule has 2 heterocycles. The molecule has 2 aromatic rings. The first-order valence-electron chi connectivity index (χ1n) is 6.01. The molecule has 1 aromatic carbocycles. The van der Waals surface area contributed by atoms with E-state index in [1.807, 2.05) is 31.2 Å². The molecule has 0 bridgehead atoms. The van der Waals surface area contributed by atoms with Crippen LogP contribution in [0.3, 0.4) is 0 Å². The van der Waals surface area contributed by atoms with Crippen molar-refractivity contribution in [1.82, 2.24) is 9.88 Å². The summed E-state index contributed by atoms with van der Waals surface area (Å²) in [4.78, 5) is 6.62. The van der Waals surface area contributed by atoms with Gasteiger partial charge in [-0.15, -0.1) is 0 Å². The Morgan fingerprint density at radius 2 is 2.22 bits per heavy atom. The average molecular weight is 263 g/mol. The van der Waals surface area contributed by atoms with Crippen LogP contribution in [-0.4, -0.2) is 33.7 Å². The summed E-state index contributed by atoms with van der Waals surface area (Å²) in [5.41, 5.74) is 1.57. The van der Waals surface area contributed by atoms with Gasteiger partial charge in [-0.2, -0.15) is 0 Å². The second kappa shape index (κ2) is 4.19. The van der Waals surface area contributed by atoms with Crippen LogP contribution in [0.25, 0.3) is 10.9 Å². The fraction of sp³-hybridized carbons (Fsp3) is 0.357. The number of pyridine rings is 1. The quantitative estimate of drug-likeness (QED) is 0.903. The summed E-state index contributed by atoms with van der Waals surface area (Å²) in [5, 5.41) is 11.5. The number of halogens is 1. The van der Waals surface area contributed by atoms with Crippen LogP contribution in [0.15, 0.2) is 30.5 Å². The van der Waals surface area contributed by atoms with E-state index < -0.39 is 5.60 Å². The minimum Gasteiger partial charge on any atom is -0.388 e. The zero-order chi connectivity index (χ0) is 12.8. The molecule has 1 aliphatic rings. The van der Waals surface area contributed by atoms with Crippen LogP contribution in [0.1, 0.15) is 12.5 Å². The lowest BCUT2D eigenvalue weighted by molar-refractivity contribution is -0.0869. The Balaban J connectivity index is 1.92. The molecule has 0 saturated carbocycles. The molecule has 1 saturated heterocycles. The monoisotopic (exact) mass is 262 g/mol. The Bertz CT molecular complexity index is 589. The lowest BCUT2D eigenvalue weighted by Gasteiger charge is -2.44. The average Bonchev–Trinajstić information content (AvgIpc) is 2.26. The normalized spacial score (nSPS) is 18.8. The van der Waals surface area contributed by atoms with E-state index in [1.54, 1.807) is 6.20 Å². The number of fused-ring (bicyclic) bond motifs is 1. The topological polar surface area (TPSA) is 36.4 Å². The number of hydrogen-bond acceptors (Lipinski definition) is 3. The highest BCUT2D eigenvalue weighted by Crippen LogP contribution is 2.27. The van der Waals surface area contributed by atoms with Gasteiger partial charge in [0.2, 0.25) is 0 Å². The maximum Gasteiger partial charge on any atom is 0.0872 e. The molecule has 1 N–H and O–H groups in total. The molecule has 0 aliphatic carbocycles. The van der Waals surface area contributed by atoms with Crippen molar-refractivity contribution in [3.63, 3.8) is 0 Å². The van der Waals surface area contributed by atoms with E-state index in [-0.39, 0.29) is 0 Å². The zero-order valence-electron chi connectivity index (χ0n) is 10.2. The van der Waals surface area contributed by atoms with Crippen molar-refractivity contribution in [1.29, 1.82) is 0 Å². The number of rotatable bonds is 2. The van der Waals surface area contributed by atoms with Crippen molar-refractivity contribution >= 4 is 22.5 Å². The summed E-state index contributed by atoms with van der Waals surface area (Å²) in [6, 6.07) is 7.82. The number of aromatic nitrogens is 1. The van der Waals surface area contributed by atoms with Crippen molar-refractivity contribution < 1.29 is 5.11 Å². The molecule has 1 fully saturated rings. The van der Waals surface area contributed by atoms with Crippen LogP contribution in [0, 0.1) is 0 Å². The summed E-state index contributed by atoms with van der Waals surface area (Å²) in [5.74, 6) is 0. The molecule has 0 radical (unpaired) electrons. The van der Waals surface area contributed by atoms with Gasteiger partial charge in [0.05, 0.1) is 11.1 Å². The second-order valence-corrected chi connectivity index (χ2v) is 5.72. The van der Waals surface area contributed by atoms with E-state index in [4.69, 9.17) is 11.6 Å². The molecule has 3 rings (SSSR count). The van der Waals surface area contributed by atoms with Gasteiger partial charge in [-0.3, -0.25) is 9.88 Å². The van der Waals surface area contributed by atoms with Gasteiger partial charge >= 0.3 is 0 Å². The van der Waals surface area contributed by atoms with Gasteiger partial charge in [-0.25, -0.2) is 0 Å². The molecule has 1 aliphatic heterocycles. The highest BCUT2D eigenvalue weighted by Gasteiger charge is 2.36.